The van der Waals surface area contributed by atoms with Gasteiger partial charge >= 0.3 is 242 Å². The van der Waals surface area contributed by atoms with Crippen molar-refractivity contribution in [2.24, 2.45) is 11.8 Å². The minimum absolute atomic E-state index is 0.642. The van der Waals surface area contributed by atoms with E-state index in [9.17, 15) is 0 Å². The number of nitrogens with zero attached hydrogens (tertiary/aromatic N) is 1. The van der Waals surface area contributed by atoms with Gasteiger partial charge in [-0.1, -0.05) is 0 Å². The van der Waals surface area contributed by atoms with Crippen LogP contribution in [-0.2, 0) is 0 Å². The van der Waals surface area contributed by atoms with Crippen LogP contribution < -0.4 is 5.79 Å². The Morgan fingerprint density at radius 1 is 0.667 bits per heavy atom. The Morgan fingerprint density at radius 3 is 1.36 bits per heavy atom. The molecule has 5 heteroatoms. The van der Waals surface area contributed by atoms with Crippen LogP contribution >= 0.6 is 22.7 Å². The molecule has 2 atom stereocenters. The maximum absolute atomic E-state index is 2.92. The molecule has 1 nitrogen and oxygen atoms in total. The zero-order valence-corrected chi connectivity index (χ0v) is 32.6. The van der Waals surface area contributed by atoms with Crippen molar-refractivity contribution in [3.63, 3.8) is 0 Å². The fraction of sp³-hybridized carbons (Fsp3) is 0.742. The Morgan fingerprint density at radius 2 is 1.06 bits per heavy atom. The van der Waals surface area contributed by atoms with E-state index in [2.05, 4.69) is 96.7 Å². The summed E-state index contributed by atoms with van der Waals surface area (Å²) in [5.41, 5.74) is 3.19. The molecule has 0 aromatic carbocycles. The Hall–Kier alpha value is 0.797. The Balaban J connectivity index is 2.20. The van der Waals surface area contributed by atoms with E-state index in [-0.39, 0.29) is 0 Å². The first-order valence-corrected chi connectivity index (χ1v) is 36.6. The van der Waals surface area contributed by atoms with Crippen LogP contribution in [0, 0.1) is 11.8 Å². The first-order chi connectivity index (χ1) is 16.9. The van der Waals surface area contributed by atoms with Gasteiger partial charge in [0, 0.05) is 0 Å². The van der Waals surface area contributed by atoms with Crippen LogP contribution in [0.15, 0.2) is 12.1 Å². The number of aromatic nitrogens is 1. The van der Waals surface area contributed by atoms with Gasteiger partial charge in [-0.2, -0.15) is 0 Å². The van der Waals surface area contributed by atoms with Crippen molar-refractivity contribution < 1.29 is 0 Å². The topological polar surface area (TPSA) is 4.93 Å². The van der Waals surface area contributed by atoms with Crippen molar-refractivity contribution in [1.82, 2.24) is 4.57 Å². The molecule has 0 fully saturated rings. The molecule has 0 aliphatic carbocycles. The summed E-state index contributed by atoms with van der Waals surface area (Å²) in [7, 11) is 0. The quantitative estimate of drug-likeness (QED) is 0.137. The standard InChI is InChI=1S/C25H37NS2.6CH3.2Sn/c1-5-9-11-19(7-3)17-21(18-20(8-4)12-10-6-2)26-22-13-15-27-24(22)25-23(26)14-16-28-25;;;;;;;;/h13-14,19-21H,5-12,17-18H2,1-4H3;6*1H3;;. The number of hydrogen-bond acceptors (Lipinski definition) is 2. The predicted octanol–water partition coefficient (Wildman–Crippen LogP) is 10.8. The van der Waals surface area contributed by atoms with Gasteiger partial charge in [0.05, 0.1) is 0 Å². The van der Waals surface area contributed by atoms with Gasteiger partial charge in [0.15, 0.2) is 0 Å². The SMILES string of the molecule is CCCCC(CC)CC(CC(CC)CCCC)n1c2c[c]([Sn]([CH3])([CH3])[CH3])sc2c2s[c]([Sn]([CH3])([CH3])[CH3])cc21. The molecule has 0 radical (unpaired) electrons. The van der Waals surface area contributed by atoms with Gasteiger partial charge in [-0.3, -0.25) is 0 Å². The second kappa shape index (κ2) is 13.4. The van der Waals surface area contributed by atoms with Gasteiger partial charge in [0.2, 0.25) is 0 Å². The second-order valence-electron chi connectivity index (χ2n) is 13.5. The Kier molecular flexibility index (Phi) is 11.7. The number of unbranched alkanes of at least 4 members (excludes halogenated alkanes) is 2. The van der Waals surface area contributed by atoms with Crippen molar-refractivity contribution >= 4 is 85.6 Å². The third kappa shape index (κ3) is 7.50. The zero-order valence-electron chi connectivity index (χ0n) is 25.2. The first-order valence-electron chi connectivity index (χ1n) is 15.0. The fourth-order valence-electron chi connectivity index (χ4n) is 5.75. The number of rotatable bonds is 15. The van der Waals surface area contributed by atoms with Crippen molar-refractivity contribution in [2.75, 3.05) is 0 Å². The summed E-state index contributed by atoms with van der Waals surface area (Å²) in [6.45, 7) is 9.61. The molecule has 0 aliphatic rings. The molecule has 3 aromatic rings. The molecule has 0 aliphatic heterocycles. The van der Waals surface area contributed by atoms with Gasteiger partial charge in [-0.25, -0.2) is 0 Å². The molecule has 0 saturated heterocycles. The molecule has 0 amide bonds. The monoisotopic (exact) mass is 745 g/mol. The molecule has 0 bridgehead atoms. The summed E-state index contributed by atoms with van der Waals surface area (Å²) in [5.74, 6) is 1.71. The normalized spacial score (nSPS) is 15.7. The number of thiophene rings is 2. The van der Waals surface area contributed by atoms with Crippen LogP contribution in [-0.4, -0.2) is 41.3 Å². The van der Waals surface area contributed by atoms with Gasteiger partial charge in [-0.05, 0) is 0 Å². The van der Waals surface area contributed by atoms with E-state index in [0.717, 1.165) is 11.8 Å². The van der Waals surface area contributed by atoms with Crippen LogP contribution in [0.25, 0.3) is 20.4 Å². The summed E-state index contributed by atoms with van der Waals surface area (Å²) in [4.78, 5) is 15.6. The van der Waals surface area contributed by atoms with Crippen LogP contribution in [0.4, 0.5) is 0 Å². The Labute approximate surface area is 239 Å². The van der Waals surface area contributed by atoms with Crippen molar-refractivity contribution in [1.29, 1.82) is 0 Å². The second-order valence-corrected chi connectivity index (χ2v) is 46.4. The van der Waals surface area contributed by atoms with E-state index in [0.29, 0.717) is 6.04 Å². The third-order valence-electron chi connectivity index (χ3n) is 8.29. The number of hydrogen-bond donors (Lipinski definition) is 0. The molecule has 3 aromatic heterocycles. The average molecular weight is 743 g/mol. The van der Waals surface area contributed by atoms with E-state index < -0.39 is 36.8 Å². The summed E-state index contributed by atoms with van der Waals surface area (Å²) >= 11 is 0.0776. The molecule has 3 heterocycles. The molecule has 0 saturated carbocycles. The van der Waals surface area contributed by atoms with Crippen LogP contribution in [0.5, 0.6) is 0 Å². The van der Waals surface area contributed by atoms with Gasteiger partial charge in [0.1, 0.15) is 0 Å². The van der Waals surface area contributed by atoms with Gasteiger partial charge in [0.25, 0.3) is 0 Å². The first kappa shape index (κ1) is 31.3. The van der Waals surface area contributed by atoms with E-state index in [1.165, 1.54) is 64.2 Å². The molecule has 0 spiro atoms. The minimum atomic E-state index is -2.14. The van der Waals surface area contributed by atoms with Crippen molar-refractivity contribution in [3.05, 3.63) is 12.1 Å². The molecule has 204 valence electrons. The van der Waals surface area contributed by atoms with E-state index >= 15 is 0 Å². The number of fused-ring (bicyclic) bond motifs is 3. The molecule has 2 unspecified atom stereocenters. The maximum atomic E-state index is 2.92. The fourth-order valence-corrected chi connectivity index (χ4v) is 18.6. The summed E-state index contributed by atoms with van der Waals surface area (Å²) in [5, 5.41) is 0. The molecular formula is C31H55NS2Sn2. The molecule has 36 heavy (non-hydrogen) atoms. The Bertz CT molecular complexity index is 1010. The molecular weight excluding hydrogens is 688 g/mol. The van der Waals surface area contributed by atoms with Crippen molar-refractivity contribution in [2.45, 2.75) is 128 Å². The summed E-state index contributed by atoms with van der Waals surface area (Å²) in [6.07, 6.45) is 13.6. The van der Waals surface area contributed by atoms with Crippen LogP contribution in [0.3, 0.4) is 0 Å². The van der Waals surface area contributed by atoms with Gasteiger partial charge < -0.3 is 0 Å². The van der Waals surface area contributed by atoms with E-state index in [4.69, 9.17) is 0 Å². The average Bonchev–Trinajstić information content (AvgIpc) is 3.49. The van der Waals surface area contributed by atoms with Crippen LogP contribution in [0.2, 0.25) is 29.6 Å². The van der Waals surface area contributed by atoms with Crippen LogP contribution in [0.1, 0.15) is 97.9 Å². The van der Waals surface area contributed by atoms with Gasteiger partial charge in [-0.15, -0.1) is 0 Å². The zero-order chi connectivity index (χ0) is 26.7. The summed E-state index contributed by atoms with van der Waals surface area (Å²) in [6, 6.07) is 6.00. The molecule has 0 N–H and O–H groups in total. The van der Waals surface area contributed by atoms with Crippen molar-refractivity contribution in [3.8, 4) is 0 Å². The predicted molar refractivity (Wildman–Crippen MR) is 176 cm³/mol. The van der Waals surface area contributed by atoms with E-state index in [1.807, 2.05) is 0 Å². The molecule has 3 rings (SSSR count). The summed E-state index contributed by atoms with van der Waals surface area (Å²) < 4.78 is 9.70. The third-order valence-corrected chi connectivity index (χ3v) is 29.6. The van der Waals surface area contributed by atoms with E-state index in [1.54, 1.807) is 26.2 Å².